The van der Waals surface area contributed by atoms with Gasteiger partial charge in [0.2, 0.25) is 0 Å². The summed E-state index contributed by atoms with van der Waals surface area (Å²) in [5.74, 6) is 0. The summed E-state index contributed by atoms with van der Waals surface area (Å²) in [5.41, 5.74) is -0.0992. The summed E-state index contributed by atoms with van der Waals surface area (Å²) in [5, 5.41) is 4.66. The maximum atomic E-state index is 12.7. The first-order chi connectivity index (χ1) is 10.1. The zero-order chi connectivity index (χ0) is 16.3. The van der Waals surface area contributed by atoms with E-state index in [2.05, 4.69) is 5.10 Å². The molecule has 0 unspecified atom stereocenters. The second-order valence-electron chi connectivity index (χ2n) is 6.38. The van der Waals surface area contributed by atoms with Crippen LogP contribution >= 0.6 is 11.6 Å². The van der Waals surface area contributed by atoms with Crippen LogP contribution in [0.4, 0.5) is 8.78 Å². The van der Waals surface area contributed by atoms with E-state index in [0.29, 0.717) is 21.0 Å². The van der Waals surface area contributed by atoms with E-state index < -0.39 is 24.9 Å². The molecule has 22 heavy (non-hydrogen) atoms. The van der Waals surface area contributed by atoms with Crippen LogP contribution in [-0.2, 0) is 9.31 Å². The fraction of sp³-hybridized carbons (Fsp3) is 0.500. The first-order valence-corrected chi connectivity index (χ1v) is 7.31. The molecule has 0 bridgehead atoms. The van der Waals surface area contributed by atoms with Crippen molar-refractivity contribution in [3.63, 3.8) is 0 Å². The molecule has 8 heteroatoms. The van der Waals surface area contributed by atoms with E-state index in [1.54, 1.807) is 12.1 Å². The first-order valence-electron chi connectivity index (χ1n) is 6.93. The third kappa shape index (κ3) is 2.32. The lowest BCUT2D eigenvalue weighted by atomic mass is 9.78. The molecule has 118 valence electrons. The molecule has 0 aliphatic carbocycles. The molecule has 0 amide bonds. The zero-order valence-corrected chi connectivity index (χ0v) is 13.5. The second kappa shape index (κ2) is 4.91. The van der Waals surface area contributed by atoms with Gasteiger partial charge in [-0.3, -0.25) is 0 Å². The van der Waals surface area contributed by atoms with Crippen LogP contribution in [0.5, 0.6) is 0 Å². The van der Waals surface area contributed by atoms with Gasteiger partial charge < -0.3 is 9.31 Å². The number of benzene rings is 1. The predicted molar refractivity (Wildman–Crippen MR) is 81.7 cm³/mol. The maximum absolute atomic E-state index is 12.7. The third-order valence-corrected chi connectivity index (χ3v) is 4.77. The van der Waals surface area contributed by atoms with Gasteiger partial charge in [-0.1, -0.05) is 23.7 Å². The van der Waals surface area contributed by atoms with Gasteiger partial charge in [-0.15, -0.1) is 0 Å². The Kier molecular flexibility index (Phi) is 3.51. The number of alkyl halides is 2. The highest BCUT2D eigenvalue weighted by Crippen LogP contribution is 2.37. The molecule has 0 spiro atoms. The summed E-state index contributed by atoms with van der Waals surface area (Å²) in [6.45, 7) is 5.04. The fourth-order valence-corrected chi connectivity index (χ4v) is 2.64. The van der Waals surface area contributed by atoms with Crippen molar-refractivity contribution in [3.8, 4) is 0 Å². The lowest BCUT2D eigenvalue weighted by Gasteiger charge is -2.32. The molecule has 2 heterocycles. The molecule has 0 N–H and O–H groups in total. The lowest BCUT2D eigenvalue weighted by Crippen LogP contribution is -2.41. The van der Waals surface area contributed by atoms with Crippen molar-refractivity contribution in [1.82, 2.24) is 9.78 Å². The van der Waals surface area contributed by atoms with E-state index in [1.165, 1.54) is 6.20 Å². The molecule has 0 radical (unpaired) electrons. The Bertz CT molecular complexity index is 717. The molecule has 1 saturated heterocycles. The van der Waals surface area contributed by atoms with Gasteiger partial charge in [-0.05, 0) is 27.7 Å². The van der Waals surface area contributed by atoms with Crippen molar-refractivity contribution in [1.29, 1.82) is 0 Å². The highest BCUT2D eigenvalue weighted by molar-refractivity contribution is 6.66. The van der Waals surface area contributed by atoms with Crippen LogP contribution in [0, 0.1) is 0 Å². The van der Waals surface area contributed by atoms with E-state index in [9.17, 15) is 8.78 Å². The Balaban J connectivity index is 2.04. The molecule has 2 aromatic rings. The molecule has 3 rings (SSSR count). The topological polar surface area (TPSA) is 36.3 Å². The van der Waals surface area contributed by atoms with Crippen molar-refractivity contribution >= 4 is 35.1 Å². The molecule has 1 fully saturated rings. The van der Waals surface area contributed by atoms with Crippen molar-refractivity contribution in [3.05, 3.63) is 23.4 Å². The summed E-state index contributed by atoms with van der Waals surface area (Å²) in [4.78, 5) is 0. The molecular formula is C14H16BClF2N2O2. The van der Waals surface area contributed by atoms with Crippen molar-refractivity contribution in [2.24, 2.45) is 0 Å². The molecule has 4 nitrogen and oxygen atoms in total. The summed E-state index contributed by atoms with van der Waals surface area (Å²) >= 11 is 6.35. The van der Waals surface area contributed by atoms with Crippen molar-refractivity contribution in [2.45, 2.75) is 45.4 Å². The lowest BCUT2D eigenvalue weighted by molar-refractivity contribution is 0.00578. The molecule has 1 aliphatic rings. The maximum Gasteiger partial charge on any atom is 0.496 e. The number of hydrogen-bond acceptors (Lipinski definition) is 3. The number of nitrogens with zero attached hydrogens (tertiary/aromatic N) is 2. The summed E-state index contributed by atoms with van der Waals surface area (Å²) in [7, 11) is -0.654. The summed E-state index contributed by atoms with van der Waals surface area (Å²) in [6, 6.07) is 3.41. The molecule has 1 aromatic carbocycles. The Labute approximate surface area is 132 Å². The van der Waals surface area contributed by atoms with Gasteiger partial charge in [0, 0.05) is 17.0 Å². The van der Waals surface area contributed by atoms with Crippen LogP contribution in [0.15, 0.2) is 18.3 Å². The second-order valence-corrected chi connectivity index (χ2v) is 6.76. The van der Waals surface area contributed by atoms with Crippen molar-refractivity contribution < 1.29 is 18.1 Å². The minimum Gasteiger partial charge on any atom is -0.399 e. The van der Waals surface area contributed by atoms with Gasteiger partial charge >= 0.3 is 13.7 Å². The summed E-state index contributed by atoms with van der Waals surface area (Å²) < 4.78 is 38.0. The number of rotatable bonds is 2. The van der Waals surface area contributed by atoms with Crippen LogP contribution in [0.3, 0.4) is 0 Å². The minimum atomic E-state index is -2.70. The van der Waals surface area contributed by atoms with Crippen LogP contribution < -0.4 is 5.46 Å². The smallest absolute Gasteiger partial charge is 0.399 e. The average molecular weight is 329 g/mol. The Hall–Kier alpha value is -1.18. The fourth-order valence-electron chi connectivity index (χ4n) is 2.34. The van der Waals surface area contributed by atoms with Gasteiger partial charge in [0.05, 0.1) is 16.2 Å². The average Bonchev–Trinajstić information content (AvgIpc) is 2.90. The number of hydrogen-bond donors (Lipinski definition) is 0. The van der Waals surface area contributed by atoms with Crippen molar-refractivity contribution in [2.75, 3.05) is 0 Å². The molecular weight excluding hydrogens is 312 g/mol. The van der Waals surface area contributed by atoms with Crippen LogP contribution in [0.1, 0.15) is 34.2 Å². The molecule has 1 aliphatic heterocycles. The molecule has 1 aromatic heterocycles. The SMILES string of the molecule is CC1(C)OB(c2ccc3cn(C(F)F)nc3c2Cl)OC1(C)C. The summed E-state index contributed by atoms with van der Waals surface area (Å²) in [6.07, 6.45) is 1.26. The quantitative estimate of drug-likeness (QED) is 0.793. The van der Waals surface area contributed by atoms with Crippen LogP contribution in [0.2, 0.25) is 5.02 Å². The van der Waals surface area contributed by atoms with Crippen LogP contribution in [0.25, 0.3) is 10.9 Å². The van der Waals surface area contributed by atoms with Gasteiger partial charge in [-0.2, -0.15) is 13.9 Å². The van der Waals surface area contributed by atoms with E-state index >= 15 is 0 Å². The third-order valence-electron chi connectivity index (χ3n) is 4.37. The first kappa shape index (κ1) is 15.7. The van der Waals surface area contributed by atoms with Gasteiger partial charge in [0.1, 0.15) is 5.52 Å². The van der Waals surface area contributed by atoms with E-state index in [4.69, 9.17) is 20.9 Å². The Morgan fingerprint density at radius 3 is 2.32 bits per heavy atom. The Morgan fingerprint density at radius 2 is 1.77 bits per heavy atom. The monoisotopic (exact) mass is 328 g/mol. The van der Waals surface area contributed by atoms with E-state index in [1.807, 2.05) is 27.7 Å². The largest absolute Gasteiger partial charge is 0.496 e. The Morgan fingerprint density at radius 1 is 1.18 bits per heavy atom. The number of aromatic nitrogens is 2. The highest BCUT2D eigenvalue weighted by atomic mass is 35.5. The van der Waals surface area contributed by atoms with Gasteiger partial charge in [-0.25, -0.2) is 4.68 Å². The zero-order valence-electron chi connectivity index (χ0n) is 12.7. The van der Waals surface area contributed by atoms with Crippen LogP contribution in [-0.4, -0.2) is 28.1 Å². The van der Waals surface area contributed by atoms with E-state index in [-0.39, 0.29) is 5.02 Å². The minimum absolute atomic E-state index is 0.274. The predicted octanol–water partition coefficient (Wildman–Crippen LogP) is 3.38. The van der Waals surface area contributed by atoms with Gasteiger partial charge in [0.15, 0.2) is 0 Å². The highest BCUT2D eigenvalue weighted by Gasteiger charge is 2.52. The normalized spacial score (nSPS) is 20.3. The number of fused-ring (bicyclic) bond motifs is 1. The van der Waals surface area contributed by atoms with E-state index in [0.717, 1.165) is 0 Å². The van der Waals surface area contributed by atoms with Gasteiger partial charge in [0.25, 0.3) is 0 Å². The molecule has 0 atom stereocenters. The standard InChI is InChI=1S/C14H16BClF2N2O2/c1-13(2)14(3,4)22-15(21-13)9-6-5-8-7-20(12(17)18)19-11(8)10(9)16/h5-7,12H,1-4H3. The molecule has 0 saturated carbocycles. The number of halogens is 3.